The first-order valence-electron chi connectivity index (χ1n) is 10.5. The van der Waals surface area contributed by atoms with Gasteiger partial charge >= 0.3 is 0 Å². The van der Waals surface area contributed by atoms with E-state index in [0.29, 0.717) is 12.6 Å². The van der Waals surface area contributed by atoms with Crippen molar-refractivity contribution in [2.45, 2.75) is 32.0 Å². The lowest BCUT2D eigenvalue weighted by molar-refractivity contribution is 0.467. The third kappa shape index (κ3) is 5.00. The van der Waals surface area contributed by atoms with Crippen molar-refractivity contribution in [3.8, 4) is 0 Å². The Morgan fingerprint density at radius 2 is 2.13 bits per heavy atom. The quantitative estimate of drug-likeness (QED) is 0.484. The predicted octanol–water partition coefficient (Wildman–Crippen LogP) is 2.00. The van der Waals surface area contributed by atoms with Gasteiger partial charge < -0.3 is 20.1 Å². The summed E-state index contributed by atoms with van der Waals surface area (Å²) in [6, 6.07) is 10.8. The van der Waals surface area contributed by atoms with E-state index in [0.717, 1.165) is 44.3 Å². The molecule has 30 heavy (non-hydrogen) atoms. The molecule has 1 fully saturated rings. The lowest BCUT2D eigenvalue weighted by atomic mass is 10.1. The molecule has 3 heterocycles. The van der Waals surface area contributed by atoms with E-state index in [-0.39, 0.29) is 0 Å². The van der Waals surface area contributed by atoms with Crippen LogP contribution in [0.5, 0.6) is 0 Å². The molecule has 3 aromatic rings. The molecule has 0 aliphatic carbocycles. The molecule has 1 atom stereocenters. The van der Waals surface area contributed by atoms with Crippen LogP contribution < -0.4 is 15.5 Å². The highest BCUT2D eigenvalue weighted by Crippen LogP contribution is 2.19. The zero-order valence-corrected chi connectivity index (χ0v) is 17.7. The van der Waals surface area contributed by atoms with Crippen molar-refractivity contribution in [1.82, 2.24) is 30.0 Å². The molecule has 1 saturated heterocycles. The number of aryl methyl sites for hydroxylation is 1. The summed E-state index contributed by atoms with van der Waals surface area (Å²) in [4.78, 5) is 11.3. The third-order valence-electron chi connectivity index (χ3n) is 5.45. The molecule has 158 valence electrons. The first-order valence-corrected chi connectivity index (χ1v) is 10.5. The second kappa shape index (κ2) is 9.47. The van der Waals surface area contributed by atoms with Crippen LogP contribution in [0, 0.1) is 0 Å². The summed E-state index contributed by atoms with van der Waals surface area (Å²) in [5, 5.41) is 11.3. The number of guanidine groups is 1. The maximum absolute atomic E-state index is 4.52. The second-order valence-electron chi connectivity index (χ2n) is 7.68. The summed E-state index contributed by atoms with van der Waals surface area (Å²) in [5.41, 5.74) is 2.44. The Kier molecular flexibility index (Phi) is 6.32. The molecule has 8 nitrogen and oxygen atoms in total. The summed E-state index contributed by atoms with van der Waals surface area (Å²) < 4.78 is 4.02. The number of benzene rings is 1. The van der Waals surface area contributed by atoms with Crippen LogP contribution in [-0.2, 0) is 20.1 Å². The van der Waals surface area contributed by atoms with Crippen LogP contribution in [-0.4, -0.2) is 51.5 Å². The largest absolute Gasteiger partial charge is 0.367 e. The van der Waals surface area contributed by atoms with Gasteiger partial charge in [-0.05, 0) is 18.4 Å². The van der Waals surface area contributed by atoms with Gasteiger partial charge in [0.1, 0.15) is 5.82 Å². The van der Waals surface area contributed by atoms with Crippen molar-refractivity contribution in [2.24, 2.45) is 12.0 Å². The number of anilines is 1. The average molecular weight is 407 g/mol. The summed E-state index contributed by atoms with van der Waals surface area (Å²) in [5.74, 6) is 1.80. The lowest BCUT2D eigenvalue weighted by Gasteiger charge is -2.34. The third-order valence-corrected chi connectivity index (χ3v) is 5.45. The molecule has 0 spiro atoms. The van der Waals surface area contributed by atoms with Gasteiger partial charge in [-0.15, -0.1) is 0 Å². The van der Waals surface area contributed by atoms with E-state index < -0.39 is 0 Å². The van der Waals surface area contributed by atoms with Gasteiger partial charge in [0, 0.05) is 58.4 Å². The molecule has 0 bridgehead atoms. The lowest BCUT2D eigenvalue weighted by Crippen LogP contribution is -2.51. The summed E-state index contributed by atoms with van der Waals surface area (Å²) in [7, 11) is 3.77. The Morgan fingerprint density at radius 1 is 1.27 bits per heavy atom. The van der Waals surface area contributed by atoms with Gasteiger partial charge in [0.25, 0.3) is 0 Å². The SMILES string of the molecule is CN=C(NCc1nccn1Cc1ccccc1)NC1CCCN(c2cnn(C)c2)C1. The van der Waals surface area contributed by atoms with Crippen LogP contribution in [0.3, 0.4) is 0 Å². The normalized spacial score (nSPS) is 17.2. The number of imidazole rings is 1. The number of hydrogen-bond donors (Lipinski definition) is 2. The highest BCUT2D eigenvalue weighted by Gasteiger charge is 2.21. The van der Waals surface area contributed by atoms with Gasteiger partial charge in [-0.1, -0.05) is 30.3 Å². The van der Waals surface area contributed by atoms with E-state index in [2.05, 4.69) is 65.6 Å². The van der Waals surface area contributed by atoms with Crippen LogP contribution in [0.1, 0.15) is 24.2 Å². The van der Waals surface area contributed by atoms with Gasteiger partial charge in [0.15, 0.2) is 5.96 Å². The molecule has 4 rings (SSSR count). The fraction of sp³-hybridized carbons (Fsp3) is 0.409. The molecule has 0 saturated carbocycles. The van der Waals surface area contributed by atoms with E-state index in [1.807, 2.05) is 43.4 Å². The van der Waals surface area contributed by atoms with Crippen molar-refractivity contribution >= 4 is 11.6 Å². The summed E-state index contributed by atoms with van der Waals surface area (Å²) in [6.07, 6.45) is 10.1. The van der Waals surface area contributed by atoms with Crippen molar-refractivity contribution in [2.75, 3.05) is 25.0 Å². The van der Waals surface area contributed by atoms with Crippen molar-refractivity contribution < 1.29 is 0 Å². The zero-order chi connectivity index (χ0) is 20.8. The molecule has 0 amide bonds. The standard InChI is InChI=1S/C22H30N8/c1-23-22(27-19-9-6-11-29(16-19)20-13-26-28(2)17-20)25-14-21-24-10-12-30(21)15-18-7-4-3-5-8-18/h3-5,7-8,10,12-13,17,19H,6,9,11,14-16H2,1-2H3,(H2,23,25,27). The number of piperidine rings is 1. The minimum Gasteiger partial charge on any atom is -0.367 e. The fourth-order valence-electron chi connectivity index (χ4n) is 3.88. The zero-order valence-electron chi connectivity index (χ0n) is 17.7. The Labute approximate surface area is 177 Å². The van der Waals surface area contributed by atoms with Crippen LogP contribution in [0.25, 0.3) is 0 Å². The second-order valence-corrected chi connectivity index (χ2v) is 7.68. The maximum atomic E-state index is 4.52. The van der Waals surface area contributed by atoms with E-state index in [1.54, 1.807) is 0 Å². The van der Waals surface area contributed by atoms with Gasteiger partial charge in [-0.3, -0.25) is 9.67 Å². The van der Waals surface area contributed by atoms with Gasteiger partial charge in [0.05, 0.1) is 18.4 Å². The number of aliphatic imine (C=N–C) groups is 1. The van der Waals surface area contributed by atoms with Crippen LogP contribution >= 0.6 is 0 Å². The van der Waals surface area contributed by atoms with Crippen LogP contribution in [0.2, 0.25) is 0 Å². The van der Waals surface area contributed by atoms with Crippen LogP contribution in [0.15, 0.2) is 60.1 Å². The molecule has 1 aliphatic heterocycles. The summed E-state index contributed by atoms with van der Waals surface area (Å²) in [6.45, 7) is 3.44. The van der Waals surface area contributed by atoms with Gasteiger partial charge in [0.2, 0.25) is 0 Å². The molecular formula is C22H30N8. The molecule has 1 aliphatic rings. The van der Waals surface area contributed by atoms with Crippen molar-refractivity contribution in [3.05, 3.63) is 66.5 Å². The predicted molar refractivity (Wildman–Crippen MR) is 120 cm³/mol. The maximum Gasteiger partial charge on any atom is 0.191 e. The van der Waals surface area contributed by atoms with E-state index >= 15 is 0 Å². The van der Waals surface area contributed by atoms with Gasteiger partial charge in [-0.2, -0.15) is 5.10 Å². The minimum absolute atomic E-state index is 0.342. The molecule has 1 unspecified atom stereocenters. The topological polar surface area (TPSA) is 75.3 Å². The Bertz CT molecular complexity index is 958. The first-order chi connectivity index (χ1) is 14.7. The number of aromatic nitrogens is 4. The van der Waals surface area contributed by atoms with Crippen molar-refractivity contribution in [1.29, 1.82) is 0 Å². The number of rotatable bonds is 6. The molecule has 2 aromatic heterocycles. The molecule has 8 heteroatoms. The Hall–Kier alpha value is -3.29. The van der Waals surface area contributed by atoms with E-state index in [4.69, 9.17) is 0 Å². The first kappa shape index (κ1) is 20.0. The highest BCUT2D eigenvalue weighted by molar-refractivity contribution is 5.80. The summed E-state index contributed by atoms with van der Waals surface area (Å²) >= 11 is 0. The van der Waals surface area contributed by atoms with Crippen molar-refractivity contribution in [3.63, 3.8) is 0 Å². The minimum atomic E-state index is 0.342. The number of nitrogens with zero attached hydrogens (tertiary/aromatic N) is 6. The fourth-order valence-corrected chi connectivity index (χ4v) is 3.88. The highest BCUT2D eigenvalue weighted by atomic mass is 15.3. The molecule has 2 N–H and O–H groups in total. The molecule has 0 radical (unpaired) electrons. The molecule has 1 aromatic carbocycles. The Morgan fingerprint density at radius 3 is 2.90 bits per heavy atom. The monoisotopic (exact) mass is 406 g/mol. The average Bonchev–Trinajstić information content (AvgIpc) is 3.41. The molecular weight excluding hydrogens is 376 g/mol. The van der Waals surface area contributed by atoms with E-state index in [1.165, 1.54) is 11.3 Å². The van der Waals surface area contributed by atoms with E-state index in [9.17, 15) is 0 Å². The number of nitrogens with one attached hydrogen (secondary N) is 2. The smallest absolute Gasteiger partial charge is 0.191 e. The van der Waals surface area contributed by atoms with Crippen LogP contribution in [0.4, 0.5) is 5.69 Å². The number of hydrogen-bond acceptors (Lipinski definition) is 4. The van der Waals surface area contributed by atoms with Gasteiger partial charge in [-0.25, -0.2) is 4.98 Å². The Balaban J connectivity index is 1.32.